The smallest absolute Gasteiger partial charge is 0.413 e. The summed E-state index contributed by atoms with van der Waals surface area (Å²) in [5, 5.41) is 2.11. The number of piperazine rings is 1. The van der Waals surface area contributed by atoms with Crippen molar-refractivity contribution in [2.75, 3.05) is 39.8 Å². The molecule has 150 valence electrons. The molecule has 0 bridgehead atoms. The van der Waals surface area contributed by atoms with Crippen molar-refractivity contribution in [3.63, 3.8) is 0 Å². The Morgan fingerprint density at radius 1 is 1.22 bits per heavy atom. The van der Waals surface area contributed by atoms with E-state index >= 15 is 0 Å². The van der Waals surface area contributed by atoms with Crippen LogP contribution in [0.25, 0.3) is 0 Å². The van der Waals surface area contributed by atoms with Gasteiger partial charge in [0.1, 0.15) is 0 Å². The van der Waals surface area contributed by atoms with Crippen molar-refractivity contribution in [3.8, 4) is 0 Å². The van der Waals surface area contributed by atoms with E-state index in [1.54, 1.807) is 12.1 Å². The highest BCUT2D eigenvalue weighted by molar-refractivity contribution is 7.89. The summed E-state index contributed by atoms with van der Waals surface area (Å²) in [4.78, 5) is 24.0. The van der Waals surface area contributed by atoms with Gasteiger partial charge in [0.15, 0.2) is 6.54 Å². The number of hydrogen-bond acceptors (Lipinski definition) is 5. The van der Waals surface area contributed by atoms with Crippen LogP contribution in [-0.4, -0.2) is 64.6 Å². The molecule has 1 aliphatic heterocycles. The third-order valence-electron chi connectivity index (χ3n) is 4.97. The molecule has 0 unspecified atom stereocenters. The number of imide groups is 1. The first kappa shape index (κ1) is 21.3. The van der Waals surface area contributed by atoms with Crippen molar-refractivity contribution in [3.05, 3.63) is 29.8 Å². The van der Waals surface area contributed by atoms with Crippen LogP contribution in [0, 0.1) is 0 Å². The molecule has 1 atom stereocenters. The number of hydrogen-bond donors (Lipinski definition) is 2. The van der Waals surface area contributed by atoms with Gasteiger partial charge in [0, 0.05) is 0 Å². The first-order valence-corrected chi connectivity index (χ1v) is 10.5. The molecule has 0 saturated carbocycles. The summed E-state index contributed by atoms with van der Waals surface area (Å²) in [6.07, 6.45) is 0.210. The first-order chi connectivity index (χ1) is 12.8. The van der Waals surface area contributed by atoms with Crippen molar-refractivity contribution < 1.29 is 27.6 Å². The second kappa shape index (κ2) is 9.29. The number of benzene rings is 1. The van der Waals surface area contributed by atoms with Crippen LogP contribution in [0.4, 0.5) is 4.79 Å². The van der Waals surface area contributed by atoms with E-state index in [1.807, 2.05) is 12.1 Å². The van der Waals surface area contributed by atoms with Crippen LogP contribution < -0.4 is 10.2 Å². The van der Waals surface area contributed by atoms with E-state index in [0.29, 0.717) is 37.0 Å². The molecule has 0 spiro atoms. The van der Waals surface area contributed by atoms with Crippen molar-refractivity contribution in [2.24, 2.45) is 0 Å². The Morgan fingerprint density at radius 2 is 1.81 bits per heavy atom. The summed E-state index contributed by atoms with van der Waals surface area (Å²) in [5.41, 5.74) is 1.13. The van der Waals surface area contributed by atoms with Crippen LogP contribution in [0.2, 0.25) is 0 Å². The van der Waals surface area contributed by atoms with Crippen molar-refractivity contribution in [2.45, 2.75) is 31.1 Å². The molecule has 0 aliphatic carbocycles. The van der Waals surface area contributed by atoms with Crippen molar-refractivity contribution in [1.82, 2.24) is 9.62 Å². The van der Waals surface area contributed by atoms with E-state index < -0.39 is 22.0 Å². The maximum absolute atomic E-state index is 12.8. The average Bonchev–Trinajstić information content (AvgIpc) is 2.67. The highest BCUT2D eigenvalue weighted by atomic mass is 32.2. The summed E-state index contributed by atoms with van der Waals surface area (Å²) >= 11 is 0. The number of nitrogens with zero attached hydrogens (tertiary/aromatic N) is 1. The zero-order valence-electron chi connectivity index (χ0n) is 16.0. The van der Waals surface area contributed by atoms with Gasteiger partial charge in [0.25, 0.3) is 5.91 Å². The second-order valence-corrected chi connectivity index (χ2v) is 8.69. The number of amides is 2. The molecular weight excluding hydrogens is 370 g/mol. The Balaban J connectivity index is 1.94. The standard InChI is InChI=1S/C18H27N3O5S/c1-4-14(2)15-5-7-16(8-6-15)27(24,25)21-11-9-20(10-12-21)13-17(22)19-18(23)26-3/h5-8,14H,4,9-13H2,1-3H3,(H,19,22,23)/p+1/t14-/m0/s1. The van der Waals surface area contributed by atoms with Gasteiger partial charge < -0.3 is 9.64 Å². The van der Waals surface area contributed by atoms with Gasteiger partial charge >= 0.3 is 6.09 Å². The SMILES string of the molecule is CC[C@H](C)c1ccc(S(=O)(=O)N2CC[NH+](CC(=O)NC(=O)OC)CC2)cc1. The number of methoxy groups -OCH3 is 1. The average molecular weight is 399 g/mol. The van der Waals surface area contributed by atoms with Crippen LogP contribution in [-0.2, 0) is 19.6 Å². The number of rotatable bonds is 6. The molecule has 27 heavy (non-hydrogen) atoms. The minimum absolute atomic E-state index is 0.104. The minimum Gasteiger partial charge on any atom is -0.453 e. The molecule has 1 fully saturated rings. The van der Waals surface area contributed by atoms with E-state index in [0.717, 1.165) is 16.9 Å². The van der Waals surface area contributed by atoms with Gasteiger partial charge in [-0.2, -0.15) is 4.31 Å². The lowest BCUT2D eigenvalue weighted by Crippen LogP contribution is -3.15. The van der Waals surface area contributed by atoms with E-state index in [-0.39, 0.29) is 6.54 Å². The molecular formula is C18H28N3O5S+. The number of carbonyl (C=O) groups excluding carboxylic acids is 2. The molecule has 2 rings (SSSR count). The highest BCUT2D eigenvalue weighted by Gasteiger charge is 2.31. The number of nitrogens with one attached hydrogen (secondary N) is 2. The minimum atomic E-state index is -3.54. The molecule has 0 radical (unpaired) electrons. The molecule has 8 nitrogen and oxygen atoms in total. The largest absolute Gasteiger partial charge is 0.453 e. The Kier molecular flexibility index (Phi) is 7.34. The summed E-state index contributed by atoms with van der Waals surface area (Å²) in [7, 11) is -2.35. The Labute approximate surface area is 160 Å². The predicted molar refractivity (Wildman–Crippen MR) is 100 cm³/mol. The van der Waals surface area contributed by atoms with E-state index in [9.17, 15) is 18.0 Å². The van der Waals surface area contributed by atoms with Crippen LogP contribution in [0.1, 0.15) is 31.7 Å². The lowest BCUT2D eigenvalue weighted by molar-refractivity contribution is -0.895. The monoisotopic (exact) mass is 398 g/mol. The number of quaternary nitrogens is 1. The fourth-order valence-electron chi connectivity index (χ4n) is 3.01. The zero-order valence-corrected chi connectivity index (χ0v) is 16.8. The summed E-state index contributed by atoms with van der Waals surface area (Å²) in [5.74, 6) is -0.0428. The molecule has 9 heteroatoms. The molecule has 1 heterocycles. The van der Waals surface area contributed by atoms with Gasteiger partial charge in [0.05, 0.1) is 38.2 Å². The number of alkyl carbamates (subject to hydrolysis) is 1. The third-order valence-corrected chi connectivity index (χ3v) is 6.88. The predicted octanol–water partition coefficient (Wildman–Crippen LogP) is -0.0281. The number of sulfonamides is 1. The first-order valence-electron chi connectivity index (χ1n) is 9.09. The molecule has 1 saturated heterocycles. The fraction of sp³-hybridized carbons (Fsp3) is 0.556. The van der Waals surface area contributed by atoms with Gasteiger partial charge in [-0.3, -0.25) is 10.1 Å². The number of carbonyl (C=O) groups is 2. The lowest BCUT2D eigenvalue weighted by Gasteiger charge is -2.31. The summed E-state index contributed by atoms with van der Waals surface area (Å²) < 4.78 is 31.5. The molecule has 2 amide bonds. The maximum Gasteiger partial charge on any atom is 0.413 e. The lowest BCUT2D eigenvalue weighted by atomic mass is 9.99. The van der Waals surface area contributed by atoms with Gasteiger partial charge in [-0.25, -0.2) is 13.2 Å². The summed E-state index contributed by atoms with van der Waals surface area (Å²) in [6, 6.07) is 7.08. The maximum atomic E-state index is 12.8. The fourth-order valence-corrected chi connectivity index (χ4v) is 4.45. The topological polar surface area (TPSA) is 97.2 Å². The second-order valence-electron chi connectivity index (χ2n) is 6.75. The van der Waals surface area contributed by atoms with Crippen LogP contribution in [0.5, 0.6) is 0 Å². The molecule has 1 aliphatic rings. The van der Waals surface area contributed by atoms with Crippen LogP contribution in [0.3, 0.4) is 0 Å². The molecule has 1 aromatic carbocycles. The summed E-state index contributed by atoms with van der Waals surface area (Å²) in [6.45, 7) is 5.97. The van der Waals surface area contributed by atoms with Gasteiger partial charge in [0.2, 0.25) is 10.0 Å². The normalized spacial score (nSPS) is 17.3. The van der Waals surface area contributed by atoms with Crippen molar-refractivity contribution >= 4 is 22.0 Å². The van der Waals surface area contributed by atoms with E-state index in [2.05, 4.69) is 23.9 Å². The molecule has 0 aromatic heterocycles. The van der Waals surface area contributed by atoms with Crippen LogP contribution >= 0.6 is 0 Å². The van der Waals surface area contributed by atoms with Gasteiger partial charge in [-0.1, -0.05) is 26.0 Å². The Hall–Kier alpha value is -1.97. The van der Waals surface area contributed by atoms with E-state index in [4.69, 9.17) is 0 Å². The van der Waals surface area contributed by atoms with Gasteiger partial charge in [-0.15, -0.1) is 0 Å². The Bertz CT molecular complexity index is 756. The Morgan fingerprint density at radius 3 is 2.33 bits per heavy atom. The van der Waals surface area contributed by atoms with Gasteiger partial charge in [-0.05, 0) is 30.0 Å². The van der Waals surface area contributed by atoms with Crippen molar-refractivity contribution in [1.29, 1.82) is 0 Å². The van der Waals surface area contributed by atoms with E-state index in [1.165, 1.54) is 11.4 Å². The molecule has 1 aromatic rings. The highest BCUT2D eigenvalue weighted by Crippen LogP contribution is 2.22. The third kappa shape index (κ3) is 5.50. The number of ether oxygens (including phenoxy) is 1. The van der Waals surface area contributed by atoms with Crippen LogP contribution in [0.15, 0.2) is 29.2 Å². The quantitative estimate of drug-likeness (QED) is 0.702. The molecule has 2 N–H and O–H groups in total. The zero-order chi connectivity index (χ0) is 20.0.